The molecule has 3 heterocycles. The molecule has 0 atom stereocenters. The molecule has 1 amide bonds. The van der Waals surface area contributed by atoms with E-state index in [1.807, 2.05) is 0 Å². The van der Waals surface area contributed by atoms with Crippen LogP contribution in [0.1, 0.15) is 24.5 Å². The van der Waals surface area contributed by atoms with Crippen LogP contribution in [-0.4, -0.2) is 45.2 Å². The molecule has 2 aliphatic rings. The number of hydrogen-bond acceptors (Lipinski definition) is 4. The third kappa shape index (κ3) is 3.19. The molecule has 0 aromatic carbocycles. The molecule has 1 aromatic rings. The second-order valence-corrected chi connectivity index (χ2v) is 5.37. The van der Waals surface area contributed by atoms with Gasteiger partial charge in [0.2, 0.25) is 11.7 Å². The third-order valence-corrected chi connectivity index (χ3v) is 4.01. The Hall–Kier alpha value is -1.35. The zero-order valence-corrected chi connectivity index (χ0v) is 12.6. The first kappa shape index (κ1) is 17.0. The molecule has 3 rings (SSSR count). The summed E-state index contributed by atoms with van der Waals surface area (Å²) in [5.41, 5.74) is 0. The normalized spacial score (nSPS) is 19.5. The molecule has 0 radical (unpaired) electrons. The Bertz CT molecular complexity index is 541. The van der Waals surface area contributed by atoms with Gasteiger partial charge >= 0.3 is 6.18 Å². The number of halogens is 4. The topological polar surface area (TPSA) is 63.1 Å². The fourth-order valence-electron chi connectivity index (χ4n) is 2.88. The zero-order chi connectivity index (χ0) is 15.0. The van der Waals surface area contributed by atoms with E-state index in [2.05, 4.69) is 15.5 Å². The molecule has 2 aliphatic heterocycles. The molecule has 0 unspecified atom stereocenters. The fraction of sp³-hybridized carbons (Fsp3) is 0.750. The molecule has 0 saturated carbocycles. The summed E-state index contributed by atoms with van der Waals surface area (Å²) in [5, 5.41) is 9.99. The summed E-state index contributed by atoms with van der Waals surface area (Å²) in [6, 6.07) is 0. The number of carbonyl (C=O) groups excluding carboxylic acids is 1. The van der Waals surface area contributed by atoms with Crippen molar-refractivity contribution in [3.8, 4) is 0 Å². The second-order valence-electron chi connectivity index (χ2n) is 5.37. The van der Waals surface area contributed by atoms with E-state index in [0.717, 1.165) is 30.5 Å². The molecule has 1 saturated heterocycles. The fourth-order valence-corrected chi connectivity index (χ4v) is 2.88. The predicted molar refractivity (Wildman–Crippen MR) is 73.3 cm³/mol. The lowest BCUT2D eigenvalue weighted by molar-refractivity contribution is -0.148. The SMILES string of the molecule is Cl.O=C(C1CCNCC1)N1CCn2c(nnc2C(F)(F)F)C1. The number of rotatable bonds is 1. The van der Waals surface area contributed by atoms with E-state index in [9.17, 15) is 18.0 Å². The van der Waals surface area contributed by atoms with Crippen LogP contribution in [0.15, 0.2) is 0 Å². The van der Waals surface area contributed by atoms with Gasteiger partial charge in [0, 0.05) is 19.0 Å². The third-order valence-electron chi connectivity index (χ3n) is 4.01. The van der Waals surface area contributed by atoms with Gasteiger partial charge in [-0.2, -0.15) is 13.2 Å². The number of nitrogens with zero attached hydrogens (tertiary/aromatic N) is 4. The maximum absolute atomic E-state index is 12.7. The van der Waals surface area contributed by atoms with Gasteiger partial charge in [-0.05, 0) is 25.9 Å². The van der Waals surface area contributed by atoms with Crippen LogP contribution in [-0.2, 0) is 24.1 Å². The number of hydrogen-bond donors (Lipinski definition) is 1. The van der Waals surface area contributed by atoms with Crippen molar-refractivity contribution in [1.29, 1.82) is 0 Å². The van der Waals surface area contributed by atoms with Gasteiger partial charge in [0.05, 0.1) is 6.54 Å². The number of alkyl halides is 3. The van der Waals surface area contributed by atoms with Crippen LogP contribution < -0.4 is 5.32 Å². The maximum Gasteiger partial charge on any atom is 0.451 e. The van der Waals surface area contributed by atoms with E-state index in [-0.39, 0.29) is 49.7 Å². The van der Waals surface area contributed by atoms with Crippen molar-refractivity contribution < 1.29 is 18.0 Å². The Balaban J connectivity index is 0.00000176. The van der Waals surface area contributed by atoms with Gasteiger partial charge < -0.3 is 14.8 Å². The lowest BCUT2D eigenvalue weighted by atomic mass is 9.96. The van der Waals surface area contributed by atoms with Crippen molar-refractivity contribution in [2.75, 3.05) is 19.6 Å². The Labute approximate surface area is 131 Å². The van der Waals surface area contributed by atoms with E-state index in [0.29, 0.717) is 0 Å². The Morgan fingerprint density at radius 3 is 2.50 bits per heavy atom. The van der Waals surface area contributed by atoms with E-state index in [1.54, 1.807) is 4.90 Å². The quantitative estimate of drug-likeness (QED) is 0.831. The van der Waals surface area contributed by atoms with Crippen molar-refractivity contribution in [2.45, 2.75) is 32.1 Å². The van der Waals surface area contributed by atoms with E-state index in [4.69, 9.17) is 0 Å². The minimum Gasteiger partial charge on any atom is -0.333 e. The minimum atomic E-state index is -4.51. The van der Waals surface area contributed by atoms with Crippen LogP contribution in [0.2, 0.25) is 0 Å². The van der Waals surface area contributed by atoms with Crippen LogP contribution >= 0.6 is 12.4 Å². The standard InChI is InChI=1S/C12H16F3N5O.ClH/c13-12(14,15)11-18-17-9-7-19(5-6-20(9)11)10(21)8-1-3-16-4-2-8;/h8,16H,1-7H2;1H. The first-order valence-corrected chi connectivity index (χ1v) is 6.95. The Morgan fingerprint density at radius 2 is 1.86 bits per heavy atom. The molecule has 1 fully saturated rings. The lowest BCUT2D eigenvalue weighted by Gasteiger charge is -2.32. The van der Waals surface area contributed by atoms with Gasteiger partial charge in [-0.3, -0.25) is 4.79 Å². The minimum absolute atomic E-state index is 0. The van der Waals surface area contributed by atoms with E-state index in [1.165, 1.54) is 0 Å². The van der Waals surface area contributed by atoms with Crippen molar-refractivity contribution in [1.82, 2.24) is 25.0 Å². The monoisotopic (exact) mass is 339 g/mol. The van der Waals surface area contributed by atoms with Crippen molar-refractivity contribution in [2.24, 2.45) is 5.92 Å². The average Bonchev–Trinajstić information content (AvgIpc) is 2.90. The smallest absolute Gasteiger partial charge is 0.333 e. The molecule has 22 heavy (non-hydrogen) atoms. The van der Waals surface area contributed by atoms with Crippen molar-refractivity contribution in [3.63, 3.8) is 0 Å². The summed E-state index contributed by atoms with van der Waals surface area (Å²) in [4.78, 5) is 14.0. The molecule has 1 N–H and O–H groups in total. The summed E-state index contributed by atoms with van der Waals surface area (Å²) >= 11 is 0. The second kappa shape index (κ2) is 6.41. The van der Waals surface area contributed by atoms with Gasteiger partial charge in [0.15, 0.2) is 5.82 Å². The number of amides is 1. The van der Waals surface area contributed by atoms with Crippen molar-refractivity contribution >= 4 is 18.3 Å². The summed E-state index contributed by atoms with van der Waals surface area (Å²) in [7, 11) is 0. The van der Waals surface area contributed by atoms with Gasteiger partial charge in [-0.25, -0.2) is 0 Å². The Kier molecular flexibility index (Phi) is 4.96. The summed E-state index contributed by atoms with van der Waals surface area (Å²) in [6.45, 7) is 2.08. The molecular formula is C12H17ClF3N5O. The number of aromatic nitrogens is 3. The zero-order valence-electron chi connectivity index (χ0n) is 11.8. The molecular weight excluding hydrogens is 323 g/mol. The largest absolute Gasteiger partial charge is 0.451 e. The number of carbonyl (C=O) groups is 1. The highest BCUT2D eigenvalue weighted by atomic mass is 35.5. The van der Waals surface area contributed by atoms with Gasteiger partial charge in [0.25, 0.3) is 0 Å². The van der Waals surface area contributed by atoms with Gasteiger partial charge in [-0.1, -0.05) is 0 Å². The average molecular weight is 340 g/mol. The molecule has 6 nitrogen and oxygen atoms in total. The molecule has 124 valence electrons. The van der Waals surface area contributed by atoms with Crippen molar-refractivity contribution in [3.05, 3.63) is 11.6 Å². The summed E-state index contributed by atoms with van der Waals surface area (Å²) in [6.07, 6.45) is -2.96. The summed E-state index contributed by atoms with van der Waals surface area (Å²) < 4.78 is 39.3. The molecule has 0 bridgehead atoms. The van der Waals surface area contributed by atoms with Crippen LogP contribution in [0.5, 0.6) is 0 Å². The van der Waals surface area contributed by atoms with E-state index >= 15 is 0 Å². The lowest BCUT2D eigenvalue weighted by Crippen LogP contribution is -2.44. The highest BCUT2D eigenvalue weighted by molar-refractivity contribution is 5.85. The molecule has 10 heteroatoms. The predicted octanol–water partition coefficient (Wildman–Crippen LogP) is 1.06. The molecule has 0 spiro atoms. The highest BCUT2D eigenvalue weighted by Crippen LogP contribution is 2.29. The van der Waals surface area contributed by atoms with Crippen LogP contribution in [0, 0.1) is 5.92 Å². The Morgan fingerprint density at radius 1 is 1.18 bits per heavy atom. The van der Waals surface area contributed by atoms with Gasteiger partial charge in [0.1, 0.15) is 0 Å². The van der Waals surface area contributed by atoms with Crippen LogP contribution in [0.3, 0.4) is 0 Å². The van der Waals surface area contributed by atoms with E-state index < -0.39 is 12.0 Å². The highest BCUT2D eigenvalue weighted by Gasteiger charge is 2.40. The number of piperidine rings is 1. The van der Waals surface area contributed by atoms with Crippen LogP contribution in [0.4, 0.5) is 13.2 Å². The first-order valence-electron chi connectivity index (χ1n) is 6.95. The molecule has 1 aromatic heterocycles. The maximum atomic E-state index is 12.7. The van der Waals surface area contributed by atoms with Gasteiger partial charge in [-0.15, -0.1) is 22.6 Å². The molecule has 0 aliphatic carbocycles. The summed E-state index contributed by atoms with van der Waals surface area (Å²) in [5.74, 6) is -0.801. The number of nitrogens with one attached hydrogen (secondary N) is 1. The van der Waals surface area contributed by atoms with Crippen LogP contribution in [0.25, 0.3) is 0 Å². The number of fused-ring (bicyclic) bond motifs is 1. The first-order chi connectivity index (χ1) is 9.97.